The molecule has 6 heteroatoms. The van der Waals surface area contributed by atoms with Crippen LogP contribution in [0.1, 0.15) is 10.4 Å². The first kappa shape index (κ1) is 15.8. The molecule has 0 aromatic heterocycles. The molecule has 106 valence electrons. The summed E-state index contributed by atoms with van der Waals surface area (Å²) < 4.78 is 9.96. The normalized spacial score (nSPS) is 10.5. The maximum atomic E-state index is 12.3. The predicted molar refractivity (Wildman–Crippen MR) is 72.8 cm³/mol. The van der Waals surface area contributed by atoms with Crippen LogP contribution in [0.3, 0.4) is 0 Å². The van der Waals surface area contributed by atoms with E-state index in [1.54, 1.807) is 19.1 Å². The topological polar surface area (TPSA) is 59.0 Å². The SMILES string of the molecule is COCCN(CCOC)C(=O)c1ccc(O)c(Cl)c1. The molecular weight excluding hydrogens is 270 g/mol. The minimum absolute atomic E-state index is 0.0430. The summed E-state index contributed by atoms with van der Waals surface area (Å²) in [5.41, 5.74) is 0.426. The van der Waals surface area contributed by atoms with E-state index in [9.17, 15) is 9.90 Å². The lowest BCUT2D eigenvalue weighted by atomic mass is 10.2. The van der Waals surface area contributed by atoms with Gasteiger partial charge in [0.1, 0.15) is 5.75 Å². The molecule has 0 aliphatic carbocycles. The van der Waals surface area contributed by atoms with Gasteiger partial charge in [0.05, 0.1) is 18.2 Å². The molecule has 0 spiro atoms. The van der Waals surface area contributed by atoms with Crippen molar-refractivity contribution in [2.75, 3.05) is 40.5 Å². The van der Waals surface area contributed by atoms with E-state index in [4.69, 9.17) is 21.1 Å². The quantitative estimate of drug-likeness (QED) is 0.830. The molecule has 0 radical (unpaired) electrons. The number of benzene rings is 1. The Bertz CT molecular complexity index is 417. The number of amides is 1. The zero-order valence-electron chi connectivity index (χ0n) is 11.1. The molecule has 0 saturated heterocycles. The summed E-state index contributed by atoms with van der Waals surface area (Å²) in [5, 5.41) is 9.51. The maximum Gasteiger partial charge on any atom is 0.254 e. The summed E-state index contributed by atoms with van der Waals surface area (Å²) >= 11 is 5.80. The zero-order valence-corrected chi connectivity index (χ0v) is 11.8. The van der Waals surface area contributed by atoms with Gasteiger partial charge < -0.3 is 19.5 Å². The van der Waals surface area contributed by atoms with Crippen LogP contribution in [0.2, 0.25) is 5.02 Å². The van der Waals surface area contributed by atoms with Crippen LogP contribution in [-0.2, 0) is 9.47 Å². The second kappa shape index (κ2) is 7.99. The van der Waals surface area contributed by atoms with Crippen LogP contribution in [0.25, 0.3) is 0 Å². The number of ether oxygens (including phenoxy) is 2. The molecule has 0 aliphatic heterocycles. The standard InChI is InChI=1S/C13H18ClNO4/c1-18-7-5-15(6-8-19-2)13(17)10-3-4-12(16)11(14)9-10/h3-4,9,16H,5-8H2,1-2H3. The number of nitrogens with zero attached hydrogens (tertiary/aromatic N) is 1. The first-order chi connectivity index (χ1) is 9.10. The molecule has 1 aromatic rings. The van der Waals surface area contributed by atoms with Crippen LogP contribution < -0.4 is 0 Å². The summed E-state index contributed by atoms with van der Waals surface area (Å²) in [4.78, 5) is 13.9. The van der Waals surface area contributed by atoms with Gasteiger partial charge in [0, 0.05) is 32.9 Å². The van der Waals surface area contributed by atoms with Crippen LogP contribution in [0.5, 0.6) is 5.75 Å². The average molecular weight is 288 g/mol. The largest absolute Gasteiger partial charge is 0.506 e. The molecule has 0 unspecified atom stereocenters. The summed E-state index contributed by atoms with van der Waals surface area (Å²) in [6.07, 6.45) is 0. The van der Waals surface area contributed by atoms with Crippen LogP contribution in [0.4, 0.5) is 0 Å². The molecule has 0 bridgehead atoms. The highest BCUT2D eigenvalue weighted by molar-refractivity contribution is 6.32. The van der Waals surface area contributed by atoms with Gasteiger partial charge in [-0.1, -0.05) is 11.6 Å². The number of methoxy groups -OCH3 is 2. The van der Waals surface area contributed by atoms with Crippen LogP contribution in [-0.4, -0.2) is 56.4 Å². The second-order valence-electron chi connectivity index (χ2n) is 3.94. The Morgan fingerprint density at radius 1 is 1.26 bits per heavy atom. The number of carbonyl (C=O) groups excluding carboxylic acids is 1. The number of hydrogen-bond donors (Lipinski definition) is 1. The van der Waals surface area contributed by atoms with Gasteiger partial charge in [0.2, 0.25) is 0 Å². The summed E-state index contributed by atoms with van der Waals surface area (Å²) in [6.45, 7) is 1.83. The second-order valence-corrected chi connectivity index (χ2v) is 4.35. The van der Waals surface area contributed by atoms with Gasteiger partial charge >= 0.3 is 0 Å². The van der Waals surface area contributed by atoms with E-state index in [-0.39, 0.29) is 16.7 Å². The van der Waals surface area contributed by atoms with Crippen molar-refractivity contribution in [3.63, 3.8) is 0 Å². The lowest BCUT2D eigenvalue weighted by Crippen LogP contribution is -2.36. The number of aromatic hydroxyl groups is 1. The summed E-state index contributed by atoms with van der Waals surface area (Å²) in [7, 11) is 3.16. The number of phenols is 1. The van der Waals surface area contributed by atoms with Crippen molar-refractivity contribution < 1.29 is 19.4 Å². The van der Waals surface area contributed by atoms with Crippen molar-refractivity contribution in [3.8, 4) is 5.75 Å². The lowest BCUT2D eigenvalue weighted by molar-refractivity contribution is 0.0627. The molecule has 0 saturated carbocycles. The lowest BCUT2D eigenvalue weighted by Gasteiger charge is -2.22. The van der Waals surface area contributed by atoms with E-state index < -0.39 is 0 Å². The Morgan fingerprint density at radius 3 is 2.32 bits per heavy atom. The van der Waals surface area contributed by atoms with Gasteiger partial charge in [-0.05, 0) is 18.2 Å². The molecule has 1 rings (SSSR count). The fraction of sp³-hybridized carbons (Fsp3) is 0.462. The molecular formula is C13H18ClNO4. The summed E-state index contributed by atoms with van der Waals surface area (Å²) in [5.74, 6) is -0.213. The third-order valence-electron chi connectivity index (χ3n) is 2.61. The van der Waals surface area contributed by atoms with Crippen molar-refractivity contribution in [2.45, 2.75) is 0 Å². The molecule has 1 N–H and O–H groups in total. The van der Waals surface area contributed by atoms with Gasteiger partial charge in [-0.25, -0.2) is 0 Å². The average Bonchev–Trinajstić information content (AvgIpc) is 2.41. The Balaban J connectivity index is 2.81. The highest BCUT2D eigenvalue weighted by Gasteiger charge is 2.16. The molecule has 5 nitrogen and oxygen atoms in total. The molecule has 0 atom stereocenters. The van der Waals surface area contributed by atoms with Gasteiger partial charge in [-0.15, -0.1) is 0 Å². The van der Waals surface area contributed by atoms with Crippen LogP contribution >= 0.6 is 11.6 Å². The maximum absolute atomic E-state index is 12.3. The Morgan fingerprint density at radius 2 is 1.84 bits per heavy atom. The predicted octanol–water partition coefficient (Wildman–Crippen LogP) is 1.78. The fourth-order valence-electron chi connectivity index (χ4n) is 1.54. The van der Waals surface area contributed by atoms with Crippen molar-refractivity contribution in [1.29, 1.82) is 0 Å². The number of halogens is 1. The smallest absolute Gasteiger partial charge is 0.254 e. The Hall–Kier alpha value is -1.30. The van der Waals surface area contributed by atoms with E-state index in [0.29, 0.717) is 31.9 Å². The first-order valence-corrected chi connectivity index (χ1v) is 6.23. The number of hydrogen-bond acceptors (Lipinski definition) is 4. The molecule has 1 aromatic carbocycles. The molecule has 1 amide bonds. The molecule has 0 heterocycles. The first-order valence-electron chi connectivity index (χ1n) is 5.85. The van der Waals surface area contributed by atoms with Gasteiger partial charge in [-0.3, -0.25) is 4.79 Å². The van der Waals surface area contributed by atoms with Crippen molar-refractivity contribution >= 4 is 17.5 Å². The van der Waals surface area contributed by atoms with E-state index in [0.717, 1.165) is 0 Å². The molecule has 0 fully saturated rings. The van der Waals surface area contributed by atoms with E-state index >= 15 is 0 Å². The highest BCUT2D eigenvalue weighted by Crippen LogP contribution is 2.24. The third-order valence-corrected chi connectivity index (χ3v) is 2.92. The van der Waals surface area contributed by atoms with Gasteiger partial charge in [0.15, 0.2) is 0 Å². The zero-order chi connectivity index (χ0) is 14.3. The van der Waals surface area contributed by atoms with Crippen molar-refractivity contribution in [2.24, 2.45) is 0 Å². The third kappa shape index (κ3) is 4.70. The number of carbonyl (C=O) groups is 1. The van der Waals surface area contributed by atoms with E-state index in [1.165, 1.54) is 18.2 Å². The number of phenolic OH excluding ortho intramolecular Hbond substituents is 1. The fourth-order valence-corrected chi connectivity index (χ4v) is 1.72. The highest BCUT2D eigenvalue weighted by atomic mass is 35.5. The minimum atomic E-state index is -0.170. The van der Waals surface area contributed by atoms with E-state index in [2.05, 4.69) is 0 Å². The Labute approximate surface area is 117 Å². The van der Waals surface area contributed by atoms with E-state index in [1.807, 2.05) is 0 Å². The summed E-state index contributed by atoms with van der Waals surface area (Å²) in [6, 6.07) is 4.39. The van der Waals surface area contributed by atoms with Crippen molar-refractivity contribution in [1.82, 2.24) is 4.90 Å². The number of rotatable bonds is 7. The van der Waals surface area contributed by atoms with Gasteiger partial charge in [0.25, 0.3) is 5.91 Å². The van der Waals surface area contributed by atoms with Crippen molar-refractivity contribution in [3.05, 3.63) is 28.8 Å². The monoisotopic (exact) mass is 287 g/mol. The molecule has 0 aliphatic rings. The van der Waals surface area contributed by atoms with Crippen LogP contribution in [0.15, 0.2) is 18.2 Å². The van der Waals surface area contributed by atoms with Crippen LogP contribution in [0, 0.1) is 0 Å². The van der Waals surface area contributed by atoms with Gasteiger partial charge in [-0.2, -0.15) is 0 Å². The molecule has 19 heavy (non-hydrogen) atoms. The Kier molecular flexibility index (Phi) is 6.62. The minimum Gasteiger partial charge on any atom is -0.506 e.